The van der Waals surface area contributed by atoms with Gasteiger partial charge < -0.3 is 10.2 Å². The van der Waals surface area contributed by atoms with Crippen LogP contribution in [0.4, 0.5) is 0 Å². The van der Waals surface area contributed by atoms with Gasteiger partial charge in [-0.15, -0.1) is 0 Å². The van der Waals surface area contributed by atoms with Crippen molar-refractivity contribution in [1.82, 2.24) is 10.2 Å². The van der Waals surface area contributed by atoms with Crippen LogP contribution in [0.15, 0.2) is 18.2 Å². The molecule has 1 aliphatic carbocycles. The summed E-state index contributed by atoms with van der Waals surface area (Å²) in [6.45, 7) is 6.13. The van der Waals surface area contributed by atoms with Crippen molar-refractivity contribution in [2.24, 2.45) is 0 Å². The topological polar surface area (TPSA) is 32.3 Å². The number of carbonyl (C=O) groups is 1. The Morgan fingerprint density at radius 1 is 1.25 bits per heavy atom. The summed E-state index contributed by atoms with van der Waals surface area (Å²) < 4.78 is 0. The smallest absolute Gasteiger partial charge is 0.254 e. The standard InChI is InChI=1S/C17H24N2O/c1-12-5-6-14(10-13(12)2)17(20)19(16-7-8-16)11-15-4-3-9-18-15/h5-6,10,15-16,18H,3-4,7-9,11H2,1-2H3/t15-/m1/s1. The van der Waals surface area contributed by atoms with E-state index in [0.29, 0.717) is 12.1 Å². The van der Waals surface area contributed by atoms with Gasteiger partial charge in [-0.3, -0.25) is 4.79 Å². The van der Waals surface area contributed by atoms with Gasteiger partial charge in [0.1, 0.15) is 0 Å². The molecule has 1 aromatic carbocycles. The Morgan fingerprint density at radius 3 is 2.65 bits per heavy atom. The first-order valence-electron chi connectivity index (χ1n) is 7.77. The van der Waals surface area contributed by atoms with Crippen LogP contribution < -0.4 is 5.32 Å². The predicted molar refractivity (Wildman–Crippen MR) is 81.0 cm³/mol. The molecule has 3 rings (SSSR count). The minimum atomic E-state index is 0.212. The van der Waals surface area contributed by atoms with E-state index in [0.717, 1.165) is 18.7 Å². The maximum Gasteiger partial charge on any atom is 0.254 e. The third kappa shape index (κ3) is 2.88. The molecule has 3 nitrogen and oxygen atoms in total. The SMILES string of the molecule is Cc1ccc(C(=O)N(C[C@H]2CCCN2)C2CC2)cc1C. The largest absolute Gasteiger partial charge is 0.334 e. The number of amides is 1. The highest BCUT2D eigenvalue weighted by Gasteiger charge is 2.34. The first kappa shape index (κ1) is 13.6. The van der Waals surface area contributed by atoms with Crippen LogP contribution in [0.25, 0.3) is 0 Å². The molecule has 1 heterocycles. The van der Waals surface area contributed by atoms with Crippen LogP contribution in [0.3, 0.4) is 0 Å². The van der Waals surface area contributed by atoms with Crippen LogP contribution in [-0.4, -0.2) is 36.0 Å². The van der Waals surface area contributed by atoms with E-state index in [-0.39, 0.29) is 5.91 Å². The lowest BCUT2D eigenvalue weighted by atomic mass is 10.1. The molecule has 2 aliphatic rings. The Balaban J connectivity index is 1.75. The Bertz CT molecular complexity index is 502. The Morgan fingerprint density at radius 2 is 2.05 bits per heavy atom. The summed E-state index contributed by atoms with van der Waals surface area (Å²) in [4.78, 5) is 14.9. The second-order valence-electron chi connectivity index (χ2n) is 6.28. The van der Waals surface area contributed by atoms with Gasteiger partial charge >= 0.3 is 0 Å². The van der Waals surface area contributed by atoms with E-state index >= 15 is 0 Å². The number of aryl methyl sites for hydroxylation is 2. The molecule has 1 saturated heterocycles. The van der Waals surface area contributed by atoms with Crippen molar-refractivity contribution in [1.29, 1.82) is 0 Å². The summed E-state index contributed by atoms with van der Waals surface area (Å²) in [5.41, 5.74) is 3.29. The maximum absolute atomic E-state index is 12.8. The predicted octanol–water partition coefficient (Wildman–Crippen LogP) is 2.66. The number of carbonyl (C=O) groups excluding carboxylic acids is 1. The van der Waals surface area contributed by atoms with Crippen LogP contribution >= 0.6 is 0 Å². The van der Waals surface area contributed by atoms with Crippen molar-refractivity contribution in [3.05, 3.63) is 34.9 Å². The van der Waals surface area contributed by atoms with Crippen molar-refractivity contribution in [2.75, 3.05) is 13.1 Å². The molecule has 0 bridgehead atoms. The van der Waals surface area contributed by atoms with Gasteiger partial charge in [-0.25, -0.2) is 0 Å². The van der Waals surface area contributed by atoms with E-state index in [1.165, 1.54) is 36.8 Å². The third-order valence-corrected chi connectivity index (χ3v) is 4.58. The first-order chi connectivity index (χ1) is 9.65. The summed E-state index contributed by atoms with van der Waals surface area (Å²) in [7, 11) is 0. The number of nitrogens with zero attached hydrogens (tertiary/aromatic N) is 1. The number of hydrogen-bond acceptors (Lipinski definition) is 2. The monoisotopic (exact) mass is 272 g/mol. The van der Waals surface area contributed by atoms with Gasteiger partial charge in [0, 0.05) is 24.2 Å². The molecule has 1 aliphatic heterocycles. The number of rotatable bonds is 4. The Hall–Kier alpha value is -1.35. The summed E-state index contributed by atoms with van der Waals surface area (Å²) in [5, 5.41) is 3.50. The molecule has 0 aromatic heterocycles. The summed E-state index contributed by atoms with van der Waals surface area (Å²) in [6, 6.07) is 7.04. The normalized spacial score (nSPS) is 22.0. The molecule has 108 valence electrons. The zero-order valence-corrected chi connectivity index (χ0v) is 12.5. The van der Waals surface area contributed by atoms with Crippen LogP contribution in [0.2, 0.25) is 0 Å². The van der Waals surface area contributed by atoms with E-state index in [9.17, 15) is 4.79 Å². The fraction of sp³-hybridized carbons (Fsp3) is 0.588. The van der Waals surface area contributed by atoms with Crippen molar-refractivity contribution < 1.29 is 4.79 Å². The van der Waals surface area contributed by atoms with E-state index in [1.807, 2.05) is 12.1 Å². The van der Waals surface area contributed by atoms with Gasteiger partial charge in [0.2, 0.25) is 0 Å². The summed E-state index contributed by atoms with van der Waals surface area (Å²) in [5.74, 6) is 0.212. The van der Waals surface area contributed by atoms with Crippen molar-refractivity contribution in [2.45, 2.75) is 51.6 Å². The van der Waals surface area contributed by atoms with Gasteiger partial charge in [-0.1, -0.05) is 6.07 Å². The lowest BCUT2D eigenvalue weighted by Crippen LogP contribution is -2.42. The third-order valence-electron chi connectivity index (χ3n) is 4.58. The molecular formula is C17H24N2O. The summed E-state index contributed by atoms with van der Waals surface area (Å²) >= 11 is 0. The molecule has 1 atom stereocenters. The molecule has 2 fully saturated rings. The van der Waals surface area contributed by atoms with Gasteiger partial charge in [0.15, 0.2) is 0 Å². The molecule has 0 radical (unpaired) electrons. The molecule has 0 unspecified atom stereocenters. The lowest BCUT2D eigenvalue weighted by molar-refractivity contribution is 0.0728. The number of hydrogen-bond donors (Lipinski definition) is 1. The average molecular weight is 272 g/mol. The van der Waals surface area contributed by atoms with Gasteiger partial charge in [0.05, 0.1) is 0 Å². The molecular weight excluding hydrogens is 248 g/mol. The minimum absolute atomic E-state index is 0.212. The zero-order valence-electron chi connectivity index (χ0n) is 12.5. The molecule has 1 saturated carbocycles. The lowest BCUT2D eigenvalue weighted by Gasteiger charge is -2.26. The van der Waals surface area contributed by atoms with E-state index in [2.05, 4.69) is 30.1 Å². The number of nitrogens with one attached hydrogen (secondary N) is 1. The molecule has 0 spiro atoms. The Labute approximate surface area is 121 Å². The first-order valence-corrected chi connectivity index (χ1v) is 7.77. The summed E-state index contributed by atoms with van der Waals surface area (Å²) in [6.07, 6.45) is 4.77. The average Bonchev–Trinajstić information content (AvgIpc) is 3.15. The highest BCUT2D eigenvalue weighted by molar-refractivity contribution is 5.95. The van der Waals surface area contributed by atoms with Crippen molar-refractivity contribution in [3.63, 3.8) is 0 Å². The fourth-order valence-corrected chi connectivity index (χ4v) is 2.97. The van der Waals surface area contributed by atoms with Crippen molar-refractivity contribution >= 4 is 5.91 Å². The zero-order chi connectivity index (χ0) is 14.1. The molecule has 1 amide bonds. The minimum Gasteiger partial charge on any atom is -0.334 e. The molecule has 1 N–H and O–H groups in total. The quantitative estimate of drug-likeness (QED) is 0.914. The van der Waals surface area contributed by atoms with E-state index < -0.39 is 0 Å². The van der Waals surface area contributed by atoms with Gasteiger partial charge in [-0.05, 0) is 69.3 Å². The Kier molecular flexibility index (Phi) is 3.79. The fourth-order valence-electron chi connectivity index (χ4n) is 2.97. The van der Waals surface area contributed by atoms with Crippen LogP contribution in [-0.2, 0) is 0 Å². The van der Waals surface area contributed by atoms with E-state index in [4.69, 9.17) is 0 Å². The maximum atomic E-state index is 12.8. The number of benzene rings is 1. The second kappa shape index (κ2) is 5.57. The molecule has 1 aromatic rings. The second-order valence-corrected chi connectivity index (χ2v) is 6.28. The van der Waals surface area contributed by atoms with Gasteiger partial charge in [0.25, 0.3) is 5.91 Å². The van der Waals surface area contributed by atoms with Crippen LogP contribution in [0.1, 0.15) is 47.2 Å². The van der Waals surface area contributed by atoms with Crippen LogP contribution in [0, 0.1) is 13.8 Å². The van der Waals surface area contributed by atoms with Gasteiger partial charge in [-0.2, -0.15) is 0 Å². The molecule has 3 heteroatoms. The highest BCUT2D eigenvalue weighted by atomic mass is 16.2. The van der Waals surface area contributed by atoms with E-state index in [1.54, 1.807) is 0 Å². The van der Waals surface area contributed by atoms with Crippen LogP contribution in [0.5, 0.6) is 0 Å². The highest BCUT2D eigenvalue weighted by Crippen LogP contribution is 2.29. The molecule has 20 heavy (non-hydrogen) atoms. The van der Waals surface area contributed by atoms with Crippen molar-refractivity contribution in [3.8, 4) is 0 Å².